The molecule has 134 valence electrons. The Morgan fingerprint density at radius 1 is 1.17 bits per heavy atom. The molecule has 0 radical (unpaired) electrons. The van der Waals surface area contributed by atoms with Gasteiger partial charge in [0.15, 0.2) is 0 Å². The second kappa shape index (κ2) is 7.23. The molecule has 1 aromatic rings. The SMILES string of the molecule is CC(=O)N1CCc2ccc(S(=O)(=O)N(CC(C)C)CC(C)C)cc21. The molecule has 1 aliphatic rings. The molecule has 1 heterocycles. The molecule has 0 bridgehead atoms. The number of benzene rings is 1. The Labute approximate surface area is 145 Å². The van der Waals surface area contributed by atoms with Crippen LogP contribution < -0.4 is 4.90 Å². The zero-order valence-corrected chi connectivity index (χ0v) is 16.1. The molecule has 6 heteroatoms. The summed E-state index contributed by atoms with van der Waals surface area (Å²) in [7, 11) is -3.57. The number of hydrogen-bond donors (Lipinski definition) is 0. The Kier molecular flexibility index (Phi) is 5.71. The fraction of sp³-hybridized carbons (Fsp3) is 0.611. The Morgan fingerprint density at radius 3 is 2.25 bits per heavy atom. The lowest BCUT2D eigenvalue weighted by atomic mass is 10.2. The molecule has 0 spiro atoms. The number of sulfonamides is 1. The molecule has 0 aromatic heterocycles. The van der Waals surface area contributed by atoms with Gasteiger partial charge in [0.05, 0.1) is 4.90 Å². The zero-order valence-electron chi connectivity index (χ0n) is 15.2. The van der Waals surface area contributed by atoms with Crippen LogP contribution in [0.15, 0.2) is 23.1 Å². The average molecular weight is 353 g/mol. The van der Waals surface area contributed by atoms with E-state index in [1.165, 1.54) is 6.92 Å². The van der Waals surface area contributed by atoms with Crippen LogP contribution in [-0.4, -0.2) is 38.3 Å². The first-order valence-corrected chi connectivity index (χ1v) is 9.98. The highest BCUT2D eigenvalue weighted by Crippen LogP contribution is 2.32. The highest BCUT2D eigenvalue weighted by molar-refractivity contribution is 7.89. The summed E-state index contributed by atoms with van der Waals surface area (Å²) in [5.74, 6) is 0.452. The van der Waals surface area contributed by atoms with E-state index in [1.54, 1.807) is 21.3 Å². The van der Waals surface area contributed by atoms with E-state index >= 15 is 0 Å². The number of carbonyl (C=O) groups is 1. The topological polar surface area (TPSA) is 57.7 Å². The number of fused-ring (bicyclic) bond motifs is 1. The lowest BCUT2D eigenvalue weighted by Gasteiger charge is -2.26. The van der Waals surface area contributed by atoms with Crippen molar-refractivity contribution in [2.75, 3.05) is 24.5 Å². The quantitative estimate of drug-likeness (QED) is 0.791. The van der Waals surface area contributed by atoms with Gasteiger partial charge in [-0.05, 0) is 36.0 Å². The van der Waals surface area contributed by atoms with Crippen LogP contribution in [-0.2, 0) is 21.2 Å². The summed E-state index contributed by atoms with van der Waals surface area (Å²) in [5.41, 5.74) is 1.76. The number of rotatable bonds is 6. The van der Waals surface area contributed by atoms with Crippen LogP contribution in [0.25, 0.3) is 0 Å². The molecule has 0 saturated carbocycles. The number of anilines is 1. The minimum atomic E-state index is -3.57. The fourth-order valence-corrected chi connectivity index (χ4v) is 4.87. The summed E-state index contributed by atoms with van der Waals surface area (Å²) in [6.45, 7) is 11.2. The van der Waals surface area contributed by atoms with Gasteiger partial charge in [-0.2, -0.15) is 4.31 Å². The van der Waals surface area contributed by atoms with Gasteiger partial charge in [-0.3, -0.25) is 4.79 Å². The van der Waals surface area contributed by atoms with Crippen molar-refractivity contribution in [3.8, 4) is 0 Å². The second-order valence-corrected chi connectivity index (χ2v) is 9.26. The van der Waals surface area contributed by atoms with Crippen LogP contribution in [0.2, 0.25) is 0 Å². The molecule has 0 unspecified atom stereocenters. The van der Waals surface area contributed by atoms with E-state index in [0.717, 1.165) is 17.7 Å². The summed E-state index contributed by atoms with van der Waals surface area (Å²) in [4.78, 5) is 13.7. The highest BCUT2D eigenvalue weighted by Gasteiger charge is 2.29. The molecule has 1 amide bonds. The molecule has 1 aliphatic heterocycles. The molecule has 1 aromatic carbocycles. The largest absolute Gasteiger partial charge is 0.312 e. The normalized spacial score (nSPS) is 14.8. The van der Waals surface area contributed by atoms with Crippen LogP contribution in [0.1, 0.15) is 40.2 Å². The molecule has 5 nitrogen and oxygen atoms in total. The smallest absolute Gasteiger partial charge is 0.243 e. The van der Waals surface area contributed by atoms with Crippen LogP contribution >= 0.6 is 0 Å². The average Bonchev–Trinajstić information content (AvgIpc) is 2.88. The lowest BCUT2D eigenvalue weighted by molar-refractivity contribution is -0.116. The first-order valence-electron chi connectivity index (χ1n) is 8.54. The van der Waals surface area contributed by atoms with Crippen molar-refractivity contribution < 1.29 is 13.2 Å². The van der Waals surface area contributed by atoms with Crippen molar-refractivity contribution in [3.05, 3.63) is 23.8 Å². The van der Waals surface area contributed by atoms with Crippen molar-refractivity contribution in [1.82, 2.24) is 4.31 Å². The van der Waals surface area contributed by atoms with Crippen molar-refractivity contribution in [3.63, 3.8) is 0 Å². The van der Waals surface area contributed by atoms with Gasteiger partial charge in [-0.25, -0.2) is 8.42 Å². The molecule has 24 heavy (non-hydrogen) atoms. The minimum Gasteiger partial charge on any atom is -0.312 e. The first-order chi connectivity index (χ1) is 11.1. The lowest BCUT2D eigenvalue weighted by Crippen LogP contribution is -2.37. The third-order valence-electron chi connectivity index (χ3n) is 4.11. The number of amides is 1. The second-order valence-electron chi connectivity index (χ2n) is 7.32. The number of hydrogen-bond acceptors (Lipinski definition) is 3. The summed E-state index contributed by atoms with van der Waals surface area (Å²) in [5, 5.41) is 0. The van der Waals surface area contributed by atoms with Crippen molar-refractivity contribution in [2.24, 2.45) is 11.8 Å². The Balaban J connectivity index is 2.41. The predicted molar refractivity (Wildman–Crippen MR) is 96.6 cm³/mol. The van der Waals surface area contributed by atoms with Crippen molar-refractivity contribution in [1.29, 1.82) is 0 Å². The third kappa shape index (κ3) is 3.98. The Morgan fingerprint density at radius 2 is 1.75 bits per heavy atom. The minimum absolute atomic E-state index is 0.0514. The standard InChI is InChI=1S/C18H28N2O3S/c1-13(2)11-19(12-14(3)4)24(22,23)17-7-6-16-8-9-20(15(5)21)18(16)10-17/h6-7,10,13-14H,8-9,11-12H2,1-5H3. The van der Waals surface area contributed by atoms with Gasteiger partial charge in [-0.15, -0.1) is 0 Å². The Hall–Kier alpha value is -1.40. The van der Waals surface area contributed by atoms with Crippen LogP contribution in [0.5, 0.6) is 0 Å². The molecular weight excluding hydrogens is 324 g/mol. The molecule has 0 aliphatic carbocycles. The molecule has 0 N–H and O–H groups in total. The van der Waals surface area contributed by atoms with Gasteiger partial charge in [0.2, 0.25) is 15.9 Å². The van der Waals surface area contributed by atoms with Gasteiger partial charge in [0, 0.05) is 32.2 Å². The zero-order chi connectivity index (χ0) is 18.1. The summed E-state index contributed by atoms with van der Waals surface area (Å²) in [6.07, 6.45) is 0.775. The van der Waals surface area contributed by atoms with E-state index in [-0.39, 0.29) is 22.6 Å². The summed E-state index contributed by atoms with van der Waals surface area (Å²) >= 11 is 0. The maximum atomic E-state index is 13.1. The van der Waals surface area contributed by atoms with Gasteiger partial charge in [-0.1, -0.05) is 33.8 Å². The first kappa shape index (κ1) is 18.9. The molecule has 0 fully saturated rings. The highest BCUT2D eigenvalue weighted by atomic mass is 32.2. The van der Waals surface area contributed by atoms with E-state index in [9.17, 15) is 13.2 Å². The maximum absolute atomic E-state index is 13.1. The van der Waals surface area contributed by atoms with Gasteiger partial charge < -0.3 is 4.90 Å². The van der Waals surface area contributed by atoms with Gasteiger partial charge >= 0.3 is 0 Å². The van der Waals surface area contributed by atoms with Crippen LogP contribution in [0, 0.1) is 11.8 Å². The Bertz CT molecular complexity index is 701. The van der Waals surface area contributed by atoms with Crippen molar-refractivity contribution >= 4 is 21.6 Å². The summed E-state index contributed by atoms with van der Waals surface area (Å²) < 4.78 is 27.8. The molecule has 0 saturated heterocycles. The van der Waals surface area contributed by atoms with E-state index in [1.807, 2.05) is 33.8 Å². The van der Waals surface area contributed by atoms with Gasteiger partial charge in [0.25, 0.3) is 0 Å². The predicted octanol–water partition coefficient (Wildman–Crippen LogP) is 2.90. The third-order valence-corrected chi connectivity index (χ3v) is 5.94. The van der Waals surface area contributed by atoms with E-state index in [4.69, 9.17) is 0 Å². The monoisotopic (exact) mass is 352 g/mol. The fourth-order valence-electron chi connectivity index (χ4n) is 3.08. The molecule has 0 atom stereocenters. The summed E-state index contributed by atoms with van der Waals surface area (Å²) in [6, 6.07) is 5.17. The maximum Gasteiger partial charge on any atom is 0.243 e. The van der Waals surface area contributed by atoms with E-state index < -0.39 is 10.0 Å². The van der Waals surface area contributed by atoms with E-state index in [2.05, 4.69) is 0 Å². The molecule has 2 rings (SSSR count). The van der Waals surface area contributed by atoms with Crippen LogP contribution in [0.3, 0.4) is 0 Å². The molecular formula is C18H28N2O3S. The van der Waals surface area contributed by atoms with Gasteiger partial charge in [0.1, 0.15) is 0 Å². The van der Waals surface area contributed by atoms with Crippen molar-refractivity contribution in [2.45, 2.75) is 45.9 Å². The number of nitrogens with zero attached hydrogens (tertiary/aromatic N) is 2. The van der Waals surface area contributed by atoms with Crippen LogP contribution in [0.4, 0.5) is 5.69 Å². The number of carbonyl (C=O) groups excluding carboxylic acids is 1. The van der Waals surface area contributed by atoms with E-state index in [0.29, 0.717) is 19.6 Å².